The summed E-state index contributed by atoms with van der Waals surface area (Å²) >= 11 is 0. The molecule has 1 aromatic rings. The number of hydrogen-bond acceptors (Lipinski definition) is 6. The summed E-state index contributed by atoms with van der Waals surface area (Å²) in [6.07, 6.45) is 2.22. The summed E-state index contributed by atoms with van der Waals surface area (Å²) in [4.78, 5) is 25.8. The lowest BCUT2D eigenvalue weighted by Crippen LogP contribution is -2.49. The molecule has 1 fully saturated rings. The summed E-state index contributed by atoms with van der Waals surface area (Å²) in [5, 5.41) is 5.38. The first-order chi connectivity index (χ1) is 14.4. The maximum absolute atomic E-state index is 12.6. The van der Waals surface area contributed by atoms with Crippen molar-refractivity contribution in [3.8, 4) is 0 Å². The minimum atomic E-state index is -4.68. The van der Waals surface area contributed by atoms with Crippen LogP contribution in [0.2, 0.25) is 0 Å². The predicted octanol–water partition coefficient (Wildman–Crippen LogP) is 3.00. The van der Waals surface area contributed by atoms with Crippen molar-refractivity contribution in [2.24, 2.45) is 0 Å². The Kier molecular flexibility index (Phi) is 8.35. The number of benzene rings is 1. The van der Waals surface area contributed by atoms with Crippen molar-refractivity contribution in [1.29, 1.82) is 0 Å². The van der Waals surface area contributed by atoms with Crippen LogP contribution in [0.15, 0.2) is 29.2 Å². The van der Waals surface area contributed by atoms with E-state index in [4.69, 9.17) is 4.74 Å². The topological polar surface area (TPSA) is 105 Å². The zero-order chi connectivity index (χ0) is 23.2. The molecule has 1 heterocycles. The number of halogens is 2. The van der Waals surface area contributed by atoms with E-state index in [2.05, 4.69) is 10.6 Å². The van der Waals surface area contributed by atoms with Crippen molar-refractivity contribution in [2.75, 3.05) is 25.0 Å². The molecule has 0 radical (unpaired) electrons. The number of ether oxygens (including phenoxy) is 1. The fourth-order valence-corrected chi connectivity index (χ4v) is 3.95. The Morgan fingerprint density at radius 3 is 2.42 bits per heavy atom. The molecular weight excluding hydrogens is 432 g/mol. The summed E-state index contributed by atoms with van der Waals surface area (Å²) in [6, 6.07) is 4.58. The maximum atomic E-state index is 12.6. The van der Waals surface area contributed by atoms with Gasteiger partial charge in [0.15, 0.2) is 0 Å². The van der Waals surface area contributed by atoms with Crippen LogP contribution in [0.3, 0.4) is 0 Å². The van der Waals surface area contributed by atoms with Crippen molar-refractivity contribution in [3.05, 3.63) is 24.3 Å². The minimum absolute atomic E-state index is 0.0226. The largest absolute Gasteiger partial charge is 0.444 e. The highest BCUT2D eigenvalue weighted by atomic mass is 32.2. The Morgan fingerprint density at radius 2 is 1.84 bits per heavy atom. The van der Waals surface area contributed by atoms with Crippen LogP contribution >= 0.6 is 0 Å². The van der Waals surface area contributed by atoms with Gasteiger partial charge >= 0.3 is 11.9 Å². The van der Waals surface area contributed by atoms with Gasteiger partial charge in [0.1, 0.15) is 5.60 Å². The predicted molar refractivity (Wildman–Crippen MR) is 112 cm³/mol. The molecule has 2 N–H and O–H groups in total. The van der Waals surface area contributed by atoms with Crippen molar-refractivity contribution in [3.63, 3.8) is 0 Å². The number of piperidine rings is 1. The first kappa shape index (κ1) is 25.0. The number of alkyl carbamates (subject to hydrolysis) is 1. The van der Waals surface area contributed by atoms with Crippen molar-refractivity contribution in [1.82, 2.24) is 10.2 Å². The number of nitrogens with one attached hydrogen (secondary N) is 2. The number of sulfone groups is 1. The van der Waals surface area contributed by atoms with Crippen LogP contribution in [-0.4, -0.2) is 62.4 Å². The number of alkyl halides is 2. The van der Waals surface area contributed by atoms with Gasteiger partial charge in [-0.1, -0.05) is 6.42 Å². The van der Waals surface area contributed by atoms with Gasteiger partial charge in [-0.15, -0.1) is 0 Å². The monoisotopic (exact) mass is 461 g/mol. The van der Waals surface area contributed by atoms with Crippen LogP contribution < -0.4 is 10.6 Å². The van der Waals surface area contributed by atoms with Gasteiger partial charge in [-0.05, 0) is 64.4 Å². The molecule has 2 rings (SSSR count). The minimum Gasteiger partial charge on any atom is -0.444 e. The van der Waals surface area contributed by atoms with Crippen molar-refractivity contribution >= 4 is 27.5 Å². The van der Waals surface area contributed by atoms with Gasteiger partial charge in [0, 0.05) is 18.3 Å². The number of rotatable bonds is 7. The second-order valence-corrected chi connectivity index (χ2v) is 10.3. The molecule has 0 spiro atoms. The molecule has 0 aromatic heterocycles. The molecule has 8 nitrogen and oxygen atoms in total. The van der Waals surface area contributed by atoms with E-state index in [-0.39, 0.29) is 18.5 Å². The maximum Gasteiger partial charge on any atom is 0.407 e. The van der Waals surface area contributed by atoms with Gasteiger partial charge in [0.2, 0.25) is 15.7 Å². The van der Waals surface area contributed by atoms with Crippen molar-refractivity contribution in [2.45, 2.75) is 62.3 Å². The molecule has 1 atom stereocenters. The molecule has 1 aromatic carbocycles. The molecule has 0 aliphatic carbocycles. The van der Waals surface area contributed by atoms with Gasteiger partial charge in [-0.2, -0.15) is 8.78 Å². The molecule has 1 unspecified atom stereocenters. The van der Waals surface area contributed by atoms with Gasteiger partial charge in [-0.3, -0.25) is 9.69 Å². The van der Waals surface area contributed by atoms with Crippen LogP contribution in [-0.2, 0) is 19.4 Å². The lowest BCUT2D eigenvalue weighted by atomic mass is 10.0. The van der Waals surface area contributed by atoms with E-state index in [0.29, 0.717) is 18.8 Å². The van der Waals surface area contributed by atoms with E-state index in [1.54, 1.807) is 20.8 Å². The van der Waals surface area contributed by atoms with Crippen molar-refractivity contribution < 1.29 is 31.5 Å². The van der Waals surface area contributed by atoms with E-state index in [9.17, 15) is 26.8 Å². The summed E-state index contributed by atoms with van der Waals surface area (Å²) in [5.74, 6) is -3.83. The Hall–Kier alpha value is -2.27. The first-order valence-electron chi connectivity index (χ1n) is 10.0. The van der Waals surface area contributed by atoms with Crippen LogP contribution in [0.5, 0.6) is 0 Å². The van der Waals surface area contributed by atoms with Crippen LogP contribution in [0.1, 0.15) is 40.0 Å². The Balaban J connectivity index is 1.91. The van der Waals surface area contributed by atoms with E-state index >= 15 is 0 Å². The Bertz CT molecular complexity index is 870. The second-order valence-electron chi connectivity index (χ2n) is 8.38. The number of carbonyl (C=O) groups is 2. The average Bonchev–Trinajstić information content (AvgIpc) is 2.66. The smallest absolute Gasteiger partial charge is 0.407 e. The highest BCUT2D eigenvalue weighted by Gasteiger charge is 2.27. The molecule has 0 saturated carbocycles. The molecule has 1 saturated heterocycles. The number of amides is 2. The summed E-state index contributed by atoms with van der Waals surface area (Å²) in [6.45, 7) is 6.46. The van der Waals surface area contributed by atoms with Crippen LogP contribution in [0.25, 0.3) is 0 Å². The molecular formula is C20H29F2N3O5S. The summed E-state index contributed by atoms with van der Waals surface area (Å²) in [7, 11) is -4.68. The zero-order valence-electron chi connectivity index (χ0n) is 17.9. The second kappa shape index (κ2) is 10.4. The van der Waals surface area contributed by atoms with E-state index in [0.717, 1.165) is 31.4 Å². The number of carbonyl (C=O) groups excluding carboxylic acids is 2. The van der Waals surface area contributed by atoms with E-state index < -0.39 is 32.2 Å². The quantitative estimate of drug-likeness (QED) is 0.647. The molecule has 1 aliphatic rings. The Labute approximate surface area is 181 Å². The normalized spacial score (nSPS) is 17.9. The molecule has 2 amide bonds. The SMILES string of the molecule is CC(C)(C)OC(=O)NCC1CCCCN1CC(=O)Nc1ccc(S(=O)(=O)C(F)F)cc1. The van der Waals surface area contributed by atoms with Gasteiger partial charge in [-0.25, -0.2) is 13.2 Å². The third-order valence-electron chi connectivity index (χ3n) is 4.68. The number of hydrogen-bond donors (Lipinski definition) is 2. The van der Waals surface area contributed by atoms with Gasteiger partial charge in [0.05, 0.1) is 11.4 Å². The number of nitrogens with zero attached hydrogens (tertiary/aromatic N) is 1. The zero-order valence-corrected chi connectivity index (χ0v) is 18.7. The molecule has 0 bridgehead atoms. The van der Waals surface area contributed by atoms with Crippen LogP contribution in [0, 0.1) is 0 Å². The fourth-order valence-electron chi connectivity index (χ4n) is 3.23. The third-order valence-corrected chi connectivity index (χ3v) is 6.08. The standard InChI is InChI=1S/C20H29F2N3O5S/c1-20(2,3)30-19(27)23-12-15-6-4-5-11-25(15)13-17(26)24-14-7-9-16(10-8-14)31(28,29)18(21)22/h7-10,15,18H,4-6,11-13H2,1-3H3,(H,23,27)(H,24,26). The third kappa shape index (κ3) is 7.73. The molecule has 31 heavy (non-hydrogen) atoms. The molecule has 174 valence electrons. The van der Waals surface area contributed by atoms with Crippen LogP contribution in [0.4, 0.5) is 19.3 Å². The first-order valence-corrected chi connectivity index (χ1v) is 11.6. The van der Waals surface area contributed by atoms with E-state index in [1.807, 2.05) is 4.90 Å². The lowest BCUT2D eigenvalue weighted by Gasteiger charge is -2.35. The lowest BCUT2D eigenvalue weighted by molar-refractivity contribution is -0.118. The fraction of sp³-hybridized carbons (Fsp3) is 0.600. The number of likely N-dealkylation sites (tertiary alicyclic amines) is 1. The molecule has 1 aliphatic heterocycles. The van der Waals surface area contributed by atoms with E-state index in [1.165, 1.54) is 12.1 Å². The summed E-state index contributed by atoms with van der Waals surface area (Å²) in [5.41, 5.74) is -0.292. The van der Waals surface area contributed by atoms with Gasteiger partial charge < -0.3 is 15.4 Å². The number of anilines is 1. The Morgan fingerprint density at radius 1 is 1.19 bits per heavy atom. The highest BCUT2D eigenvalue weighted by Crippen LogP contribution is 2.21. The van der Waals surface area contributed by atoms with Gasteiger partial charge in [0.25, 0.3) is 0 Å². The average molecular weight is 462 g/mol. The highest BCUT2D eigenvalue weighted by molar-refractivity contribution is 7.91. The molecule has 11 heteroatoms. The summed E-state index contributed by atoms with van der Waals surface area (Å²) < 4.78 is 53.4.